The van der Waals surface area contributed by atoms with Crippen LogP contribution in [0.25, 0.3) is 0 Å². The third-order valence-corrected chi connectivity index (χ3v) is 4.43. The van der Waals surface area contributed by atoms with Gasteiger partial charge < -0.3 is 26.0 Å². The van der Waals surface area contributed by atoms with Crippen molar-refractivity contribution in [2.24, 2.45) is 4.99 Å². The van der Waals surface area contributed by atoms with E-state index < -0.39 is 0 Å². The number of benzene rings is 2. The standard InChI is InChI=1S/C23H31N5O3.HI/c1-4-24-23(27-15-14-25-21(30)18-8-10-20(29)11-9-18)26-13-12-17-6-5-7-19(16-17)22(31)28(2)3;/h5-11,16,29H,4,12-15H2,1-3H3,(H,25,30)(H2,24,26,27);1H. The molecule has 0 fully saturated rings. The molecular formula is C23H32IN5O3. The van der Waals surface area contributed by atoms with E-state index in [1.807, 2.05) is 31.2 Å². The minimum atomic E-state index is -0.198. The number of phenols is 1. The molecule has 0 saturated heterocycles. The van der Waals surface area contributed by atoms with Gasteiger partial charge >= 0.3 is 0 Å². The number of carbonyl (C=O) groups is 2. The van der Waals surface area contributed by atoms with Gasteiger partial charge in [-0.1, -0.05) is 12.1 Å². The van der Waals surface area contributed by atoms with E-state index in [9.17, 15) is 14.7 Å². The number of amides is 2. The Morgan fingerprint density at radius 3 is 2.31 bits per heavy atom. The summed E-state index contributed by atoms with van der Waals surface area (Å²) in [7, 11) is 3.47. The predicted octanol–water partition coefficient (Wildman–Crippen LogP) is 2.24. The van der Waals surface area contributed by atoms with Gasteiger partial charge in [0.1, 0.15) is 5.75 Å². The number of phenolic OH excluding ortho intramolecular Hbond substituents is 1. The smallest absolute Gasteiger partial charge is 0.253 e. The zero-order valence-corrected chi connectivity index (χ0v) is 21.1. The van der Waals surface area contributed by atoms with Crippen molar-refractivity contribution in [3.05, 3.63) is 65.2 Å². The molecule has 0 radical (unpaired) electrons. The molecule has 2 aromatic rings. The minimum Gasteiger partial charge on any atom is -0.508 e. The largest absolute Gasteiger partial charge is 0.508 e. The summed E-state index contributed by atoms with van der Waals surface area (Å²) in [5.74, 6) is 0.577. The van der Waals surface area contributed by atoms with Gasteiger partial charge in [-0.05, 0) is 55.3 Å². The number of hydrogen-bond donors (Lipinski definition) is 4. The number of nitrogens with one attached hydrogen (secondary N) is 3. The summed E-state index contributed by atoms with van der Waals surface area (Å²) in [6, 6.07) is 13.7. The predicted molar refractivity (Wildman–Crippen MR) is 138 cm³/mol. The fourth-order valence-electron chi connectivity index (χ4n) is 2.83. The summed E-state index contributed by atoms with van der Waals surface area (Å²) in [5.41, 5.74) is 2.21. The number of hydrogen-bond acceptors (Lipinski definition) is 4. The van der Waals surface area contributed by atoms with E-state index in [4.69, 9.17) is 0 Å². The van der Waals surface area contributed by atoms with Crippen LogP contribution in [-0.4, -0.2) is 68.1 Å². The molecular weight excluding hydrogens is 521 g/mol. The second-order valence-corrected chi connectivity index (χ2v) is 7.14. The van der Waals surface area contributed by atoms with Crippen molar-refractivity contribution < 1.29 is 14.7 Å². The maximum atomic E-state index is 12.1. The minimum absolute atomic E-state index is 0. The van der Waals surface area contributed by atoms with Gasteiger partial charge in [-0.25, -0.2) is 0 Å². The first-order valence-corrected chi connectivity index (χ1v) is 10.3. The van der Waals surface area contributed by atoms with Crippen molar-refractivity contribution in [2.75, 3.05) is 40.3 Å². The van der Waals surface area contributed by atoms with E-state index in [0.29, 0.717) is 43.1 Å². The first-order valence-electron chi connectivity index (χ1n) is 10.3. The van der Waals surface area contributed by atoms with E-state index in [1.54, 1.807) is 31.1 Å². The van der Waals surface area contributed by atoms with Crippen LogP contribution in [0.15, 0.2) is 53.5 Å². The molecule has 0 aliphatic carbocycles. The molecule has 2 aromatic carbocycles. The van der Waals surface area contributed by atoms with E-state index in [0.717, 1.165) is 12.1 Å². The molecule has 0 aliphatic rings. The number of carbonyl (C=O) groups excluding carboxylic acids is 2. The Balaban J connectivity index is 0.00000512. The average Bonchev–Trinajstić information content (AvgIpc) is 2.76. The number of guanidine groups is 1. The molecule has 0 aromatic heterocycles. The summed E-state index contributed by atoms with van der Waals surface area (Å²) < 4.78 is 0. The highest BCUT2D eigenvalue weighted by molar-refractivity contribution is 14.0. The molecule has 8 nitrogen and oxygen atoms in total. The fourth-order valence-corrected chi connectivity index (χ4v) is 2.83. The van der Waals surface area contributed by atoms with E-state index in [2.05, 4.69) is 20.9 Å². The number of aliphatic imine (C=N–C) groups is 1. The summed E-state index contributed by atoms with van der Waals surface area (Å²) in [6.07, 6.45) is 0.711. The molecule has 2 amide bonds. The molecule has 174 valence electrons. The maximum Gasteiger partial charge on any atom is 0.253 e. The van der Waals surface area contributed by atoms with Gasteiger partial charge in [-0.2, -0.15) is 0 Å². The van der Waals surface area contributed by atoms with Crippen molar-refractivity contribution in [3.63, 3.8) is 0 Å². The fraction of sp³-hybridized carbons (Fsp3) is 0.348. The Kier molecular flexibility index (Phi) is 12.1. The van der Waals surface area contributed by atoms with Crippen molar-refractivity contribution in [3.8, 4) is 5.75 Å². The molecule has 2 rings (SSSR count). The molecule has 4 N–H and O–H groups in total. The lowest BCUT2D eigenvalue weighted by Crippen LogP contribution is -2.41. The Bertz CT molecular complexity index is 901. The summed E-state index contributed by atoms with van der Waals surface area (Å²) in [4.78, 5) is 30.3. The highest BCUT2D eigenvalue weighted by Crippen LogP contribution is 2.09. The molecule has 0 bridgehead atoms. The van der Waals surface area contributed by atoms with Gasteiger partial charge in [0.25, 0.3) is 11.8 Å². The topological polar surface area (TPSA) is 106 Å². The highest BCUT2D eigenvalue weighted by Gasteiger charge is 2.08. The van der Waals surface area contributed by atoms with Crippen LogP contribution in [0.2, 0.25) is 0 Å². The molecule has 0 unspecified atom stereocenters. The van der Waals surface area contributed by atoms with Crippen LogP contribution in [0.3, 0.4) is 0 Å². The zero-order chi connectivity index (χ0) is 22.6. The van der Waals surface area contributed by atoms with E-state index in [1.165, 1.54) is 12.1 Å². The lowest BCUT2D eigenvalue weighted by Gasteiger charge is -2.12. The first kappa shape index (κ1) is 27.2. The maximum absolute atomic E-state index is 12.1. The van der Waals surface area contributed by atoms with Crippen molar-refractivity contribution in [1.82, 2.24) is 20.9 Å². The molecule has 9 heteroatoms. The van der Waals surface area contributed by atoms with Crippen LogP contribution >= 0.6 is 24.0 Å². The monoisotopic (exact) mass is 553 g/mol. The van der Waals surface area contributed by atoms with E-state index in [-0.39, 0.29) is 41.5 Å². The molecule has 0 heterocycles. The van der Waals surface area contributed by atoms with Crippen LogP contribution in [0.1, 0.15) is 33.2 Å². The van der Waals surface area contributed by atoms with Crippen molar-refractivity contribution in [1.29, 1.82) is 0 Å². The quantitative estimate of drug-likeness (QED) is 0.165. The number of halogens is 1. The van der Waals surface area contributed by atoms with Crippen molar-refractivity contribution >= 4 is 41.8 Å². The van der Waals surface area contributed by atoms with E-state index >= 15 is 0 Å². The lowest BCUT2D eigenvalue weighted by atomic mass is 10.1. The van der Waals surface area contributed by atoms with Crippen LogP contribution in [0.5, 0.6) is 5.75 Å². The van der Waals surface area contributed by atoms with Gasteiger partial charge in [-0.3, -0.25) is 14.6 Å². The molecule has 0 spiro atoms. The van der Waals surface area contributed by atoms with Crippen LogP contribution in [0, 0.1) is 0 Å². The van der Waals surface area contributed by atoms with Gasteiger partial charge in [0.15, 0.2) is 5.96 Å². The Morgan fingerprint density at radius 1 is 0.969 bits per heavy atom. The zero-order valence-electron chi connectivity index (χ0n) is 18.7. The van der Waals surface area contributed by atoms with Gasteiger partial charge in [0, 0.05) is 51.4 Å². The highest BCUT2D eigenvalue weighted by atomic mass is 127. The molecule has 32 heavy (non-hydrogen) atoms. The third-order valence-electron chi connectivity index (χ3n) is 4.43. The summed E-state index contributed by atoms with van der Waals surface area (Å²) in [6.45, 7) is 4.22. The SMILES string of the molecule is CCNC(=NCCc1cccc(C(=O)N(C)C)c1)NCCNC(=O)c1ccc(O)cc1.I. The van der Waals surface area contributed by atoms with Gasteiger partial charge in [-0.15, -0.1) is 24.0 Å². The Hall–Kier alpha value is -2.82. The summed E-state index contributed by atoms with van der Waals surface area (Å²) in [5, 5.41) is 18.5. The van der Waals surface area contributed by atoms with Crippen LogP contribution in [-0.2, 0) is 6.42 Å². The normalized spacial score (nSPS) is 10.7. The lowest BCUT2D eigenvalue weighted by molar-refractivity contribution is 0.0827. The number of rotatable bonds is 9. The average molecular weight is 553 g/mol. The van der Waals surface area contributed by atoms with Gasteiger partial charge in [0.05, 0.1) is 0 Å². The van der Waals surface area contributed by atoms with Crippen LogP contribution < -0.4 is 16.0 Å². The second-order valence-electron chi connectivity index (χ2n) is 7.14. The molecule has 0 atom stereocenters. The first-order chi connectivity index (χ1) is 14.9. The van der Waals surface area contributed by atoms with Crippen molar-refractivity contribution in [2.45, 2.75) is 13.3 Å². The number of nitrogens with zero attached hydrogens (tertiary/aromatic N) is 2. The number of aromatic hydroxyl groups is 1. The summed E-state index contributed by atoms with van der Waals surface area (Å²) >= 11 is 0. The van der Waals surface area contributed by atoms with Crippen LogP contribution in [0.4, 0.5) is 0 Å². The molecule has 0 saturated carbocycles. The third kappa shape index (κ3) is 9.13. The van der Waals surface area contributed by atoms with Gasteiger partial charge in [0.2, 0.25) is 0 Å². The second kappa shape index (κ2) is 14.3. The Morgan fingerprint density at radius 2 is 1.66 bits per heavy atom. The Labute approximate surface area is 206 Å². The molecule has 0 aliphatic heterocycles.